The topological polar surface area (TPSA) is 148 Å². The number of nitrogens with two attached hydrogens (primary N) is 1. The Morgan fingerprint density at radius 2 is 1.70 bits per heavy atom. The zero-order valence-electron chi connectivity index (χ0n) is 24.0. The second-order valence-electron chi connectivity index (χ2n) is 10.5. The van der Waals surface area contributed by atoms with Crippen molar-refractivity contribution >= 4 is 29.1 Å². The summed E-state index contributed by atoms with van der Waals surface area (Å²) >= 11 is 0. The van der Waals surface area contributed by atoms with E-state index in [1.54, 1.807) is 41.3 Å². The third kappa shape index (κ3) is 8.19. The molecule has 1 aromatic heterocycles. The summed E-state index contributed by atoms with van der Waals surface area (Å²) in [6.07, 6.45) is 0.669. The molecular formula is C31H35FN6O5. The first-order valence-corrected chi connectivity index (χ1v) is 14.1. The Balaban J connectivity index is 1.53. The lowest BCUT2D eigenvalue weighted by molar-refractivity contribution is -0.138. The normalized spacial score (nSPS) is 14.2. The van der Waals surface area contributed by atoms with Crippen molar-refractivity contribution in [3.63, 3.8) is 0 Å². The number of nitrogens with one attached hydrogen (secondary N) is 1. The molecule has 43 heavy (non-hydrogen) atoms. The summed E-state index contributed by atoms with van der Waals surface area (Å²) in [5.41, 5.74) is 5.83. The minimum Gasteiger partial charge on any atom is -0.393 e. The lowest BCUT2D eigenvalue weighted by Crippen LogP contribution is -2.47. The van der Waals surface area contributed by atoms with Gasteiger partial charge in [0.15, 0.2) is 5.78 Å². The van der Waals surface area contributed by atoms with Crippen LogP contribution in [0.1, 0.15) is 37.3 Å². The Morgan fingerprint density at radius 3 is 2.40 bits per heavy atom. The van der Waals surface area contributed by atoms with Gasteiger partial charge in [-0.05, 0) is 31.2 Å². The Labute approximate surface area is 248 Å². The van der Waals surface area contributed by atoms with Gasteiger partial charge in [-0.25, -0.2) is 9.37 Å². The fourth-order valence-corrected chi connectivity index (χ4v) is 4.87. The van der Waals surface area contributed by atoms with Gasteiger partial charge in [0.1, 0.15) is 23.4 Å². The van der Waals surface area contributed by atoms with E-state index in [-0.39, 0.29) is 43.2 Å². The molecule has 226 valence electrons. The molecule has 0 spiro atoms. The van der Waals surface area contributed by atoms with E-state index in [0.29, 0.717) is 24.2 Å². The first-order valence-electron chi connectivity index (χ1n) is 14.1. The van der Waals surface area contributed by atoms with Crippen LogP contribution in [0.3, 0.4) is 0 Å². The summed E-state index contributed by atoms with van der Waals surface area (Å²) in [5.74, 6) is -2.84. The van der Waals surface area contributed by atoms with Crippen molar-refractivity contribution in [2.75, 3.05) is 39.0 Å². The van der Waals surface area contributed by atoms with Crippen LogP contribution in [-0.4, -0.2) is 76.0 Å². The van der Waals surface area contributed by atoms with Crippen molar-refractivity contribution < 1.29 is 23.6 Å². The van der Waals surface area contributed by atoms with Crippen LogP contribution in [-0.2, 0) is 25.7 Å². The number of hydrogen-bond acceptors (Lipinski definition) is 8. The molecule has 0 radical (unpaired) electrons. The van der Waals surface area contributed by atoms with Gasteiger partial charge in [-0.1, -0.05) is 42.5 Å². The van der Waals surface area contributed by atoms with Crippen molar-refractivity contribution in [1.82, 2.24) is 24.7 Å². The molecule has 0 saturated carbocycles. The Bertz CT molecular complexity index is 1540. The smallest absolute Gasteiger partial charge is 0.277 e. The van der Waals surface area contributed by atoms with Crippen LogP contribution in [0.5, 0.6) is 0 Å². The zero-order chi connectivity index (χ0) is 30.9. The highest BCUT2D eigenvalue weighted by Crippen LogP contribution is 2.23. The monoisotopic (exact) mass is 590 g/mol. The fraction of sp³-hybridized carbons (Fsp3) is 0.355. The average molecular weight is 591 g/mol. The number of nitrogens with zero attached hydrogens (tertiary/aromatic N) is 4. The van der Waals surface area contributed by atoms with Gasteiger partial charge in [0.05, 0.1) is 6.20 Å². The van der Waals surface area contributed by atoms with E-state index in [2.05, 4.69) is 15.2 Å². The minimum atomic E-state index is -1.48. The third-order valence-corrected chi connectivity index (χ3v) is 7.36. The third-order valence-electron chi connectivity index (χ3n) is 7.36. The van der Waals surface area contributed by atoms with E-state index >= 15 is 0 Å². The molecule has 0 aliphatic carbocycles. The number of nitrogen functional groups attached to an aromatic ring is 1. The number of anilines is 1. The average Bonchev–Trinajstić information content (AvgIpc) is 3.00. The highest BCUT2D eigenvalue weighted by atomic mass is 19.1. The number of halogens is 1. The second-order valence-corrected chi connectivity index (χ2v) is 10.5. The summed E-state index contributed by atoms with van der Waals surface area (Å²) in [7, 11) is 1.98. The van der Waals surface area contributed by atoms with Gasteiger partial charge >= 0.3 is 0 Å². The number of piperazine rings is 1. The van der Waals surface area contributed by atoms with E-state index in [4.69, 9.17) is 5.73 Å². The lowest BCUT2D eigenvalue weighted by atomic mass is 10.0. The molecule has 1 unspecified atom stereocenters. The molecule has 0 bridgehead atoms. The quantitative estimate of drug-likeness (QED) is 0.304. The molecule has 1 atom stereocenters. The largest absolute Gasteiger partial charge is 0.393 e. The minimum absolute atomic E-state index is 0.0761. The maximum atomic E-state index is 13.7. The molecular weight excluding hydrogens is 555 g/mol. The summed E-state index contributed by atoms with van der Waals surface area (Å²) in [5, 5.41) is 2.64. The molecule has 1 aliphatic rings. The van der Waals surface area contributed by atoms with Crippen molar-refractivity contribution in [3.8, 4) is 11.4 Å². The summed E-state index contributed by atoms with van der Waals surface area (Å²) in [6, 6.07) is 12.7. The highest BCUT2D eigenvalue weighted by molar-refractivity contribution is 6.37. The summed E-state index contributed by atoms with van der Waals surface area (Å²) < 4.78 is 14.7. The van der Waals surface area contributed by atoms with Crippen molar-refractivity contribution in [3.05, 3.63) is 82.5 Å². The number of benzene rings is 2. The van der Waals surface area contributed by atoms with Crippen LogP contribution < -0.4 is 16.6 Å². The highest BCUT2D eigenvalue weighted by Gasteiger charge is 2.31. The molecule has 3 N–H and O–H groups in total. The van der Waals surface area contributed by atoms with Gasteiger partial charge in [0.2, 0.25) is 17.6 Å². The molecule has 3 aromatic rings. The number of amides is 2. The molecule has 1 saturated heterocycles. The Kier molecular flexibility index (Phi) is 10.5. The lowest BCUT2D eigenvalue weighted by Gasteiger charge is -2.32. The van der Waals surface area contributed by atoms with Crippen molar-refractivity contribution in [2.24, 2.45) is 0 Å². The first-order chi connectivity index (χ1) is 20.6. The van der Waals surface area contributed by atoms with Gasteiger partial charge in [0.25, 0.3) is 5.56 Å². The summed E-state index contributed by atoms with van der Waals surface area (Å²) in [4.78, 5) is 73.6. The molecule has 12 heteroatoms. The van der Waals surface area contributed by atoms with Crippen LogP contribution in [0.15, 0.2) is 65.6 Å². The van der Waals surface area contributed by atoms with Crippen LogP contribution >= 0.6 is 0 Å². The predicted octanol–water partition coefficient (Wildman–Crippen LogP) is 1.96. The predicted molar refractivity (Wildman–Crippen MR) is 158 cm³/mol. The number of carbonyl (C=O) groups is 4. The van der Waals surface area contributed by atoms with Gasteiger partial charge in [-0.15, -0.1) is 0 Å². The SMILES string of the molecule is CN1CCN(C(=O)CCCC(=O)C(=O)CC(C(=O)NCc2cccc(F)c2)n2c(-c3ccccc3)ncc(N)c2=O)CC1. The number of carbonyl (C=O) groups excluding carboxylic acids is 4. The second kappa shape index (κ2) is 14.5. The maximum absolute atomic E-state index is 13.7. The van der Waals surface area contributed by atoms with Gasteiger partial charge < -0.3 is 20.9 Å². The molecule has 1 fully saturated rings. The van der Waals surface area contributed by atoms with Crippen LogP contribution in [0.4, 0.5) is 10.1 Å². The molecule has 2 aromatic carbocycles. The molecule has 11 nitrogen and oxygen atoms in total. The molecule has 1 aliphatic heterocycles. The van der Waals surface area contributed by atoms with E-state index in [1.165, 1.54) is 24.4 Å². The first kappa shape index (κ1) is 31.2. The van der Waals surface area contributed by atoms with Crippen molar-refractivity contribution in [1.29, 1.82) is 0 Å². The number of likely N-dealkylation sites (N-methyl/N-ethyl adjacent to an activating group) is 1. The molecule has 2 amide bonds. The van der Waals surface area contributed by atoms with Crippen LogP contribution in [0, 0.1) is 5.82 Å². The fourth-order valence-electron chi connectivity index (χ4n) is 4.87. The van der Waals surface area contributed by atoms with Gasteiger partial charge in [-0.3, -0.25) is 28.5 Å². The van der Waals surface area contributed by atoms with Crippen LogP contribution in [0.2, 0.25) is 0 Å². The number of rotatable bonds is 12. The molecule has 2 heterocycles. The van der Waals surface area contributed by atoms with E-state index in [1.807, 2.05) is 7.05 Å². The maximum Gasteiger partial charge on any atom is 0.277 e. The number of hydrogen-bond donors (Lipinski definition) is 2. The van der Waals surface area contributed by atoms with Crippen molar-refractivity contribution in [2.45, 2.75) is 38.3 Å². The van der Waals surface area contributed by atoms with E-state index < -0.39 is 41.3 Å². The zero-order valence-corrected chi connectivity index (χ0v) is 24.0. The number of Topliss-reactive ketones (excluding diaryl/α,β-unsaturated/α-hetero) is 2. The standard InChI is InChI=1S/C31H35FN6O5/c1-36-13-15-37(16-14-36)28(41)12-6-11-26(39)27(40)18-25(30(42)35-19-21-7-5-10-23(32)17-21)38-29(22-8-3-2-4-9-22)34-20-24(33)31(38)43/h2-5,7-10,17,20,25H,6,11-16,18-19,33H2,1H3,(H,35,42). The Morgan fingerprint density at radius 1 is 0.977 bits per heavy atom. The number of aromatic nitrogens is 2. The Hall–Kier alpha value is -4.71. The van der Waals surface area contributed by atoms with E-state index in [9.17, 15) is 28.4 Å². The molecule has 4 rings (SSSR count). The summed E-state index contributed by atoms with van der Waals surface area (Å²) in [6.45, 7) is 2.68. The van der Waals surface area contributed by atoms with Gasteiger partial charge in [0, 0.05) is 57.5 Å². The number of ketones is 2. The van der Waals surface area contributed by atoms with Gasteiger partial charge in [-0.2, -0.15) is 0 Å². The van der Waals surface area contributed by atoms with E-state index in [0.717, 1.165) is 17.7 Å². The van der Waals surface area contributed by atoms with Crippen LogP contribution in [0.25, 0.3) is 11.4 Å².